The first-order valence-corrected chi connectivity index (χ1v) is 6.02. The number of carbonyl (C=O) groups excluding carboxylic acids is 1. The molecule has 0 spiro atoms. The lowest BCUT2D eigenvalue weighted by atomic mass is 10.0. The van der Waals surface area contributed by atoms with E-state index in [1.165, 1.54) is 7.11 Å². The Labute approximate surface area is 115 Å². The van der Waals surface area contributed by atoms with E-state index < -0.39 is 0 Å². The maximum absolute atomic E-state index is 11.5. The molecule has 0 heterocycles. The molecule has 0 radical (unpaired) electrons. The van der Waals surface area contributed by atoms with Gasteiger partial charge in [0.25, 0.3) is 0 Å². The molecule has 0 saturated carbocycles. The predicted molar refractivity (Wildman–Crippen MR) is 73.2 cm³/mol. The summed E-state index contributed by atoms with van der Waals surface area (Å²) >= 11 is 12.3. The van der Waals surface area contributed by atoms with Crippen LogP contribution in [-0.4, -0.2) is 13.1 Å². The number of hydrogen-bond acceptors (Lipinski definition) is 2. The zero-order valence-corrected chi connectivity index (χ0v) is 11.1. The first kappa shape index (κ1) is 12.9. The average Bonchev–Trinajstić information content (AvgIpc) is 2.38. The van der Waals surface area contributed by atoms with Gasteiger partial charge in [-0.3, -0.25) is 0 Å². The van der Waals surface area contributed by atoms with E-state index in [1.807, 2.05) is 6.07 Å². The molecule has 4 heteroatoms. The Bertz CT molecular complexity index is 574. The molecule has 0 unspecified atom stereocenters. The SMILES string of the molecule is COC(=O)c1cccc(-c2c(Cl)cccc2Cl)c1. The lowest BCUT2D eigenvalue weighted by molar-refractivity contribution is 0.0601. The molecule has 0 aliphatic heterocycles. The van der Waals surface area contributed by atoms with Crippen molar-refractivity contribution >= 4 is 29.2 Å². The normalized spacial score (nSPS) is 10.2. The quantitative estimate of drug-likeness (QED) is 0.760. The molecule has 0 aliphatic rings. The smallest absolute Gasteiger partial charge is 0.337 e. The van der Waals surface area contributed by atoms with Crippen LogP contribution in [-0.2, 0) is 4.74 Å². The lowest BCUT2D eigenvalue weighted by Crippen LogP contribution is -2.00. The standard InChI is InChI=1S/C14H10Cl2O2/c1-18-14(17)10-5-2-4-9(8-10)13-11(15)6-3-7-12(13)16/h2-8H,1H3. The summed E-state index contributed by atoms with van der Waals surface area (Å²) in [6.07, 6.45) is 0. The van der Waals surface area contributed by atoms with Crippen LogP contribution in [0.5, 0.6) is 0 Å². The maximum atomic E-state index is 11.5. The summed E-state index contributed by atoms with van der Waals surface area (Å²) in [4.78, 5) is 11.5. The van der Waals surface area contributed by atoms with Gasteiger partial charge >= 0.3 is 5.97 Å². The van der Waals surface area contributed by atoms with Gasteiger partial charge in [-0.1, -0.05) is 41.4 Å². The van der Waals surface area contributed by atoms with Gasteiger partial charge in [-0.05, 0) is 29.8 Å². The van der Waals surface area contributed by atoms with E-state index in [-0.39, 0.29) is 5.97 Å². The Morgan fingerprint density at radius 1 is 1.06 bits per heavy atom. The van der Waals surface area contributed by atoms with Crippen molar-refractivity contribution in [3.05, 3.63) is 58.1 Å². The second-order valence-corrected chi connectivity index (χ2v) is 4.48. The van der Waals surface area contributed by atoms with Gasteiger partial charge in [-0.25, -0.2) is 4.79 Å². The highest BCUT2D eigenvalue weighted by molar-refractivity contribution is 6.39. The van der Waals surface area contributed by atoms with Crippen molar-refractivity contribution in [2.45, 2.75) is 0 Å². The molecule has 18 heavy (non-hydrogen) atoms. The van der Waals surface area contributed by atoms with E-state index in [2.05, 4.69) is 4.74 Å². The van der Waals surface area contributed by atoms with Crippen LogP contribution >= 0.6 is 23.2 Å². The first-order valence-electron chi connectivity index (χ1n) is 5.26. The summed E-state index contributed by atoms with van der Waals surface area (Å²) in [5.41, 5.74) is 1.96. The van der Waals surface area contributed by atoms with Crippen molar-refractivity contribution in [1.82, 2.24) is 0 Å². The van der Waals surface area contributed by atoms with Gasteiger partial charge in [0.15, 0.2) is 0 Å². The minimum Gasteiger partial charge on any atom is -0.465 e. The van der Waals surface area contributed by atoms with Gasteiger partial charge in [0, 0.05) is 15.6 Å². The number of benzene rings is 2. The number of methoxy groups -OCH3 is 1. The highest BCUT2D eigenvalue weighted by Gasteiger charge is 2.11. The molecule has 0 saturated heterocycles. The monoisotopic (exact) mass is 280 g/mol. The Kier molecular flexibility index (Phi) is 3.90. The summed E-state index contributed by atoms with van der Waals surface area (Å²) in [5.74, 6) is -0.389. The fourth-order valence-electron chi connectivity index (χ4n) is 1.69. The lowest BCUT2D eigenvalue weighted by Gasteiger charge is -2.08. The number of ether oxygens (including phenoxy) is 1. The van der Waals surface area contributed by atoms with E-state index in [4.69, 9.17) is 23.2 Å². The number of hydrogen-bond donors (Lipinski definition) is 0. The fourth-order valence-corrected chi connectivity index (χ4v) is 2.31. The van der Waals surface area contributed by atoms with Crippen molar-refractivity contribution in [3.8, 4) is 11.1 Å². The molecule has 2 rings (SSSR count). The number of halogens is 2. The van der Waals surface area contributed by atoms with Crippen LogP contribution in [0, 0.1) is 0 Å². The van der Waals surface area contributed by atoms with Crippen molar-refractivity contribution in [3.63, 3.8) is 0 Å². The largest absolute Gasteiger partial charge is 0.465 e. The molecule has 0 atom stereocenters. The number of rotatable bonds is 2. The molecular weight excluding hydrogens is 271 g/mol. The third kappa shape index (κ3) is 2.50. The Morgan fingerprint density at radius 2 is 1.67 bits per heavy atom. The van der Waals surface area contributed by atoms with Crippen LogP contribution in [0.15, 0.2) is 42.5 Å². The molecule has 2 aromatic rings. The molecule has 0 fully saturated rings. The molecule has 0 amide bonds. The van der Waals surface area contributed by atoms with E-state index in [9.17, 15) is 4.79 Å². The summed E-state index contributed by atoms with van der Waals surface area (Å²) < 4.78 is 4.68. The third-order valence-corrected chi connectivity index (χ3v) is 3.17. The molecule has 92 valence electrons. The van der Waals surface area contributed by atoms with Crippen LogP contribution < -0.4 is 0 Å². The van der Waals surface area contributed by atoms with Crippen LogP contribution in [0.1, 0.15) is 10.4 Å². The van der Waals surface area contributed by atoms with Gasteiger partial charge in [-0.15, -0.1) is 0 Å². The molecule has 0 bridgehead atoms. The Balaban J connectivity index is 2.55. The molecule has 0 aliphatic carbocycles. The second kappa shape index (κ2) is 5.42. The van der Waals surface area contributed by atoms with Gasteiger partial charge in [0.2, 0.25) is 0 Å². The Morgan fingerprint density at radius 3 is 2.28 bits per heavy atom. The first-order chi connectivity index (χ1) is 8.63. The van der Waals surface area contributed by atoms with Crippen LogP contribution in [0.3, 0.4) is 0 Å². The zero-order chi connectivity index (χ0) is 13.1. The van der Waals surface area contributed by atoms with Gasteiger partial charge in [0.1, 0.15) is 0 Å². The average molecular weight is 281 g/mol. The van der Waals surface area contributed by atoms with E-state index in [0.717, 1.165) is 5.56 Å². The maximum Gasteiger partial charge on any atom is 0.337 e. The topological polar surface area (TPSA) is 26.3 Å². The van der Waals surface area contributed by atoms with Crippen molar-refractivity contribution in [2.24, 2.45) is 0 Å². The van der Waals surface area contributed by atoms with Crippen molar-refractivity contribution in [2.75, 3.05) is 7.11 Å². The fraction of sp³-hybridized carbons (Fsp3) is 0.0714. The zero-order valence-electron chi connectivity index (χ0n) is 9.61. The van der Waals surface area contributed by atoms with Crippen molar-refractivity contribution in [1.29, 1.82) is 0 Å². The molecule has 2 nitrogen and oxygen atoms in total. The summed E-state index contributed by atoms with van der Waals surface area (Å²) in [6, 6.07) is 12.3. The van der Waals surface area contributed by atoms with E-state index in [0.29, 0.717) is 21.2 Å². The minimum absolute atomic E-state index is 0.389. The minimum atomic E-state index is -0.389. The summed E-state index contributed by atoms with van der Waals surface area (Å²) in [6.45, 7) is 0. The molecular formula is C14H10Cl2O2. The highest BCUT2D eigenvalue weighted by Crippen LogP contribution is 2.34. The van der Waals surface area contributed by atoms with Gasteiger partial charge in [-0.2, -0.15) is 0 Å². The predicted octanol–water partition coefficient (Wildman–Crippen LogP) is 4.45. The highest BCUT2D eigenvalue weighted by atomic mass is 35.5. The van der Waals surface area contributed by atoms with Crippen molar-refractivity contribution < 1.29 is 9.53 Å². The van der Waals surface area contributed by atoms with Gasteiger partial charge < -0.3 is 4.74 Å². The number of carbonyl (C=O) groups is 1. The molecule has 0 N–H and O–H groups in total. The van der Waals surface area contributed by atoms with E-state index >= 15 is 0 Å². The van der Waals surface area contributed by atoms with Crippen LogP contribution in [0.4, 0.5) is 0 Å². The molecule has 2 aromatic carbocycles. The third-order valence-electron chi connectivity index (χ3n) is 2.54. The number of esters is 1. The van der Waals surface area contributed by atoms with Gasteiger partial charge in [0.05, 0.1) is 12.7 Å². The van der Waals surface area contributed by atoms with Crippen LogP contribution in [0.2, 0.25) is 10.0 Å². The van der Waals surface area contributed by atoms with E-state index in [1.54, 1.807) is 36.4 Å². The second-order valence-electron chi connectivity index (χ2n) is 3.67. The molecule has 0 aromatic heterocycles. The Hall–Kier alpha value is -1.51. The summed E-state index contributed by atoms with van der Waals surface area (Å²) in [7, 11) is 1.34. The summed E-state index contributed by atoms with van der Waals surface area (Å²) in [5, 5.41) is 1.09. The van der Waals surface area contributed by atoms with Crippen LogP contribution in [0.25, 0.3) is 11.1 Å².